The molecule has 109 heavy (non-hydrogen) atoms. The highest BCUT2D eigenvalue weighted by atomic mass is 16.6. The number of para-hydroxylation sites is 1. The minimum absolute atomic E-state index is 0. The average molecular weight is 1480 g/mol. The number of anilines is 2. The van der Waals surface area contributed by atoms with Crippen LogP contribution < -0.4 is 19.3 Å². The number of hydrogen-bond donors (Lipinski definition) is 3. The lowest BCUT2D eigenvalue weighted by Crippen LogP contribution is -2.80. The lowest BCUT2D eigenvalue weighted by Gasteiger charge is -2.64. The molecule has 6 fully saturated rings. The van der Waals surface area contributed by atoms with Gasteiger partial charge in [0.25, 0.3) is 0 Å². The second kappa shape index (κ2) is 30.1. The Bertz CT molecular complexity index is 4710. The van der Waals surface area contributed by atoms with Gasteiger partial charge in [-0.15, -0.1) is 6.42 Å². The highest BCUT2D eigenvalue weighted by Crippen LogP contribution is 2.70. The van der Waals surface area contributed by atoms with Crippen LogP contribution in [0.3, 0.4) is 0 Å². The van der Waals surface area contributed by atoms with Crippen LogP contribution >= 0.6 is 0 Å². The standard InChI is InChI=1S/C49H60N4O8.C28H36N2O6.C11H4.CH4/c1-7-30-22-31-25-48(45(56)59-6,40-34(16-20-52(26-30)27-31)33-12-9-10-13-37(33)50-40)36-23-35-38(24-39(36)58-5)51(4)43-47(35)18-21-53-19-11-17-46(8-2,42(47)53)44(61-29(3)54)49(43,57)28-60-41(55)32-14-15-32;1-5-26-11-6-13-30-14-12-27(23(26)30)20-10-9-19(34-4)15-21(20)29(3)24(27)28(33,25(26)36-17(2)31)16-35-22(32)18-7-8-18;1-3-5-7-9-11-10-8-6-4-2;/h9-13,17,22-24,31-32,42-44,50,57H,7-8,14-16,18-21,25-28H2,1-6H3;6,9-11,15,18,23-25,33H,5,7-8,12-14,16H2,1-4H3;1H,2H3;1H4/t31-,42?,43+,44+,46+,47+,48-,49-;23?,24-,25-,26-,27-,28+;;/m01../s1. The molecule has 9 heterocycles. The molecule has 8 aliphatic heterocycles. The van der Waals surface area contributed by atoms with Crippen molar-refractivity contribution in [1.29, 1.82) is 0 Å². The number of hydrogen-bond acceptors (Lipinski definition) is 19. The molecule has 15 atom stereocenters. The van der Waals surface area contributed by atoms with Gasteiger partial charge in [-0.2, -0.15) is 0 Å². The third-order valence-corrected chi connectivity index (χ3v) is 26.2. The molecule has 3 aromatic carbocycles. The number of rotatable bonds is 15. The molecule has 2 bridgehead atoms. The van der Waals surface area contributed by atoms with Crippen LogP contribution in [0.25, 0.3) is 10.9 Å². The van der Waals surface area contributed by atoms with Crippen molar-refractivity contribution in [2.75, 3.05) is 104 Å². The van der Waals surface area contributed by atoms with Crippen LogP contribution in [0.15, 0.2) is 90.6 Å². The van der Waals surface area contributed by atoms with Crippen molar-refractivity contribution in [3.05, 3.63) is 118 Å². The van der Waals surface area contributed by atoms with Gasteiger partial charge in [-0.05, 0) is 179 Å². The first-order valence-corrected chi connectivity index (χ1v) is 38.3. The number of methoxy groups -OCH3 is 3. The van der Waals surface area contributed by atoms with E-state index in [9.17, 15) is 29.4 Å². The lowest BCUT2D eigenvalue weighted by molar-refractivity contribution is -0.232. The Kier molecular flexibility index (Phi) is 21.5. The van der Waals surface area contributed by atoms with Crippen molar-refractivity contribution < 1.29 is 67.3 Å². The zero-order chi connectivity index (χ0) is 76.5. The summed E-state index contributed by atoms with van der Waals surface area (Å²) in [6, 6.07) is 17.4. The number of aliphatic hydroxyl groups is 2. The molecule has 2 spiro atoms. The number of ether oxygens (including phenoxy) is 7. The summed E-state index contributed by atoms with van der Waals surface area (Å²) < 4.78 is 42.4. The van der Waals surface area contributed by atoms with Crippen molar-refractivity contribution in [2.45, 2.75) is 183 Å². The Morgan fingerprint density at radius 2 is 1.21 bits per heavy atom. The van der Waals surface area contributed by atoms with Crippen LogP contribution in [0.4, 0.5) is 11.4 Å². The Hall–Kier alpha value is -9.43. The highest BCUT2D eigenvalue weighted by molar-refractivity contribution is 5.94. The maximum atomic E-state index is 15.4. The van der Waals surface area contributed by atoms with Gasteiger partial charge in [0, 0.05) is 140 Å². The number of aromatic nitrogens is 1. The molecule has 20 heteroatoms. The Morgan fingerprint density at radius 1 is 0.661 bits per heavy atom. The number of nitrogens with zero attached hydrogens (tertiary/aromatic N) is 5. The summed E-state index contributed by atoms with van der Waals surface area (Å²) >= 11 is 0. The van der Waals surface area contributed by atoms with E-state index in [1.807, 2.05) is 38.4 Å². The fraction of sp³-hybridized carbons (Fsp3) is 0.539. The number of aromatic amines is 1. The van der Waals surface area contributed by atoms with Crippen LogP contribution in [0, 0.1) is 88.3 Å². The van der Waals surface area contributed by atoms with Crippen molar-refractivity contribution in [3.63, 3.8) is 0 Å². The number of nitrogens with one attached hydrogen (secondary N) is 1. The highest BCUT2D eigenvalue weighted by Gasteiger charge is 2.80. The fourth-order valence-electron chi connectivity index (χ4n) is 22.1. The fourth-order valence-corrected chi connectivity index (χ4v) is 22.1. The molecule has 4 aliphatic carbocycles. The quantitative estimate of drug-likeness (QED) is 0.0436. The van der Waals surface area contributed by atoms with Crippen molar-refractivity contribution in [2.24, 2.45) is 28.6 Å². The second-order valence-corrected chi connectivity index (χ2v) is 31.6. The monoisotopic (exact) mass is 1480 g/mol. The van der Waals surface area contributed by atoms with E-state index in [1.54, 1.807) is 21.1 Å². The summed E-state index contributed by atoms with van der Waals surface area (Å²) in [7, 11) is 8.76. The molecule has 1 aromatic heterocycles. The zero-order valence-electron chi connectivity index (χ0n) is 64.0. The maximum Gasteiger partial charge on any atom is 0.322 e. The first-order chi connectivity index (χ1) is 52.0. The normalized spacial score (nSPS) is 32.5. The van der Waals surface area contributed by atoms with E-state index < -0.39 is 74.5 Å². The van der Waals surface area contributed by atoms with Crippen LogP contribution in [0.1, 0.15) is 141 Å². The topological polar surface area (TPSA) is 222 Å². The molecule has 0 radical (unpaired) electrons. The number of carbonyl (C=O) groups is 5. The predicted octanol–water partition coefficient (Wildman–Crippen LogP) is 9.29. The van der Waals surface area contributed by atoms with Gasteiger partial charge >= 0.3 is 29.8 Å². The molecule has 16 rings (SSSR count). The molecule has 0 amide bonds. The number of likely N-dealkylation sites (N-methyl/N-ethyl adjacent to an activating group) is 2. The van der Waals surface area contributed by atoms with Crippen molar-refractivity contribution >= 4 is 52.1 Å². The van der Waals surface area contributed by atoms with Crippen molar-refractivity contribution in [3.8, 4) is 71.2 Å². The smallest absolute Gasteiger partial charge is 0.322 e. The summed E-state index contributed by atoms with van der Waals surface area (Å²) in [5, 5.41) is 27.6. The number of esters is 5. The summed E-state index contributed by atoms with van der Waals surface area (Å²) in [5.74, 6) is 21.1. The SMILES string of the molecule is C.C#CC#CC#CC#CC#CC.CCC1=C[C@@H]2CN(CCc3c([nH]c4ccccc34)[C@@](C(=O)OC)(c3cc4c(cc3OC)N(C)[C@H]3[C@@](O)(COC(=O)C5CC5)[C@H](OC(C)=O)[C@]5(CC)C=CCN6CC[C@]43C65)C2)C1.CC[C@]12C=CCN3CC[C@@]4(c5ccc(OC)cc5N(C)[C@H]4[C@@](O)(COC(=O)C4CC4)[C@@H]1OC(C)=O)C32. The molecular formula is C89H104N6O14. The van der Waals surface area contributed by atoms with Gasteiger partial charge in [0.15, 0.2) is 11.2 Å². The van der Waals surface area contributed by atoms with Gasteiger partial charge in [-0.25, -0.2) is 0 Å². The molecular weight excluding hydrogens is 1380 g/mol. The minimum Gasteiger partial charge on any atom is -0.497 e. The Labute approximate surface area is 641 Å². The molecule has 4 saturated carbocycles. The number of fused-ring (bicyclic) bond motifs is 7. The third kappa shape index (κ3) is 12.4. The molecule has 4 aromatic rings. The van der Waals surface area contributed by atoms with Crippen LogP contribution in [0.5, 0.6) is 11.5 Å². The van der Waals surface area contributed by atoms with Crippen LogP contribution in [-0.2, 0) is 70.3 Å². The number of terminal acetylenes is 1. The van der Waals surface area contributed by atoms with Crippen LogP contribution in [-0.4, -0.2) is 202 Å². The summed E-state index contributed by atoms with van der Waals surface area (Å²) in [6.07, 6.45) is 22.0. The molecule has 20 nitrogen and oxygen atoms in total. The predicted molar refractivity (Wildman–Crippen MR) is 416 cm³/mol. The van der Waals surface area contributed by atoms with Gasteiger partial charge in [0.1, 0.15) is 42.3 Å². The first-order valence-electron chi connectivity index (χ1n) is 38.3. The Morgan fingerprint density at radius 3 is 1.72 bits per heavy atom. The van der Waals surface area contributed by atoms with Gasteiger partial charge in [0.05, 0.1) is 45.2 Å². The average Bonchev–Trinajstić information content (AvgIpc) is 1.52. The lowest BCUT2D eigenvalue weighted by atomic mass is 9.47. The maximum absolute atomic E-state index is 15.4. The third-order valence-electron chi connectivity index (χ3n) is 26.2. The van der Waals surface area contributed by atoms with E-state index >= 15 is 4.79 Å². The Balaban J connectivity index is 0.000000183. The van der Waals surface area contributed by atoms with Gasteiger partial charge in [-0.1, -0.05) is 94.3 Å². The van der Waals surface area contributed by atoms with Gasteiger partial charge in [-0.3, -0.25) is 38.7 Å². The second-order valence-electron chi connectivity index (χ2n) is 31.6. The summed E-state index contributed by atoms with van der Waals surface area (Å²) in [5.41, 5.74) is 1.59. The van der Waals surface area contributed by atoms with E-state index in [1.165, 1.54) is 32.1 Å². The molecule has 3 N–H and O–H groups in total. The van der Waals surface area contributed by atoms with E-state index in [-0.39, 0.29) is 68.4 Å². The largest absolute Gasteiger partial charge is 0.497 e. The van der Waals surface area contributed by atoms with Crippen molar-refractivity contribution in [1.82, 2.24) is 19.7 Å². The number of benzene rings is 3. The van der Waals surface area contributed by atoms with Crippen LogP contribution in [0.2, 0.25) is 0 Å². The summed E-state index contributed by atoms with van der Waals surface area (Å²) in [6.45, 7) is 16.1. The van der Waals surface area contributed by atoms with E-state index in [0.717, 1.165) is 135 Å². The molecule has 3 unspecified atom stereocenters. The van der Waals surface area contributed by atoms with E-state index in [4.69, 9.17) is 39.6 Å². The van der Waals surface area contributed by atoms with E-state index in [2.05, 4.69) is 164 Å². The number of H-pyrrole nitrogens is 1. The van der Waals surface area contributed by atoms with Gasteiger partial charge < -0.3 is 58.2 Å². The summed E-state index contributed by atoms with van der Waals surface area (Å²) in [4.78, 5) is 82.7. The molecule has 12 aliphatic rings. The van der Waals surface area contributed by atoms with E-state index in [0.29, 0.717) is 38.0 Å². The van der Waals surface area contributed by atoms with Gasteiger partial charge in [0.2, 0.25) is 0 Å². The molecule has 574 valence electrons. The number of carbonyl (C=O) groups excluding carboxylic acids is 5. The molecule has 2 saturated heterocycles. The zero-order valence-corrected chi connectivity index (χ0v) is 64.0. The minimum atomic E-state index is -1.82. The first kappa shape index (κ1) is 77.7.